The number of nitrogens with zero attached hydrogens (tertiary/aromatic N) is 2. The second-order valence-electron chi connectivity index (χ2n) is 6.08. The number of aromatic nitrogens is 2. The highest BCUT2D eigenvalue weighted by molar-refractivity contribution is 5.94. The number of hydrogen-bond acceptors (Lipinski definition) is 4. The van der Waals surface area contributed by atoms with E-state index in [1.54, 1.807) is 23.2 Å². The summed E-state index contributed by atoms with van der Waals surface area (Å²) in [6, 6.07) is 7.15. The van der Waals surface area contributed by atoms with E-state index in [1.165, 1.54) is 11.8 Å². The van der Waals surface area contributed by atoms with E-state index in [0.717, 1.165) is 23.0 Å². The molecule has 2 amide bonds. The molecule has 132 valence electrons. The molecule has 0 fully saturated rings. The summed E-state index contributed by atoms with van der Waals surface area (Å²) >= 11 is 0. The first kappa shape index (κ1) is 16.1. The summed E-state index contributed by atoms with van der Waals surface area (Å²) in [6.07, 6.45) is 7.97. The Hall–Kier alpha value is -3.35. The van der Waals surface area contributed by atoms with Crippen LogP contribution < -0.4 is 5.32 Å². The summed E-state index contributed by atoms with van der Waals surface area (Å²) in [6.45, 7) is 1.10. The van der Waals surface area contributed by atoms with Crippen LogP contribution in [0, 0.1) is 0 Å². The number of pyridine rings is 1. The number of fused-ring (bicyclic) bond motifs is 1. The molecule has 0 spiro atoms. The SMILES string of the molecule is O=C(NCC(=O)N1CC=C(c2c[nH]c3ncccc23)CC1)c1ccco1. The molecular weight excluding hydrogens is 332 g/mol. The van der Waals surface area contributed by atoms with Gasteiger partial charge in [0.1, 0.15) is 5.65 Å². The van der Waals surface area contributed by atoms with Crippen molar-refractivity contribution in [3.05, 3.63) is 60.3 Å². The van der Waals surface area contributed by atoms with Gasteiger partial charge in [0.05, 0.1) is 12.8 Å². The van der Waals surface area contributed by atoms with Gasteiger partial charge in [-0.1, -0.05) is 6.08 Å². The highest BCUT2D eigenvalue weighted by atomic mass is 16.3. The van der Waals surface area contributed by atoms with Gasteiger partial charge in [0.15, 0.2) is 5.76 Å². The lowest BCUT2D eigenvalue weighted by Gasteiger charge is -2.26. The van der Waals surface area contributed by atoms with Gasteiger partial charge >= 0.3 is 0 Å². The Morgan fingerprint density at radius 3 is 3.00 bits per heavy atom. The van der Waals surface area contributed by atoms with Crippen molar-refractivity contribution in [3.8, 4) is 0 Å². The van der Waals surface area contributed by atoms with Crippen molar-refractivity contribution in [1.29, 1.82) is 0 Å². The molecule has 0 atom stereocenters. The monoisotopic (exact) mass is 350 g/mol. The van der Waals surface area contributed by atoms with Gasteiger partial charge in [-0.3, -0.25) is 9.59 Å². The summed E-state index contributed by atoms with van der Waals surface area (Å²) in [5, 5.41) is 3.67. The van der Waals surface area contributed by atoms with E-state index in [0.29, 0.717) is 13.1 Å². The molecule has 0 aliphatic carbocycles. The predicted molar refractivity (Wildman–Crippen MR) is 96.3 cm³/mol. The second kappa shape index (κ2) is 6.87. The molecule has 4 heterocycles. The number of hydrogen-bond donors (Lipinski definition) is 2. The Kier molecular flexibility index (Phi) is 4.27. The summed E-state index contributed by atoms with van der Waals surface area (Å²) < 4.78 is 5.01. The van der Waals surface area contributed by atoms with Crippen LogP contribution in [0.3, 0.4) is 0 Å². The third-order valence-electron chi connectivity index (χ3n) is 4.50. The average Bonchev–Trinajstić information content (AvgIpc) is 3.36. The Morgan fingerprint density at radius 2 is 2.23 bits per heavy atom. The number of carbonyl (C=O) groups excluding carboxylic acids is 2. The normalized spacial score (nSPS) is 14.3. The smallest absolute Gasteiger partial charge is 0.287 e. The molecular formula is C19H18N4O3. The number of furan rings is 1. The number of rotatable bonds is 4. The van der Waals surface area contributed by atoms with E-state index in [9.17, 15) is 9.59 Å². The zero-order valence-electron chi connectivity index (χ0n) is 14.1. The zero-order valence-corrected chi connectivity index (χ0v) is 14.1. The van der Waals surface area contributed by atoms with Crippen molar-refractivity contribution in [2.24, 2.45) is 0 Å². The summed E-state index contributed by atoms with van der Waals surface area (Å²) in [5.74, 6) is -0.296. The van der Waals surface area contributed by atoms with Gasteiger partial charge in [0.2, 0.25) is 5.91 Å². The molecule has 1 aliphatic heterocycles. The average molecular weight is 350 g/mol. The van der Waals surface area contributed by atoms with Crippen molar-refractivity contribution < 1.29 is 14.0 Å². The Bertz CT molecular complexity index is 972. The van der Waals surface area contributed by atoms with Crippen LogP contribution in [-0.2, 0) is 4.79 Å². The molecule has 1 aliphatic rings. The molecule has 3 aromatic rings. The van der Waals surface area contributed by atoms with E-state index in [4.69, 9.17) is 4.42 Å². The first-order valence-electron chi connectivity index (χ1n) is 8.43. The van der Waals surface area contributed by atoms with Crippen LogP contribution in [0.1, 0.15) is 22.5 Å². The third-order valence-corrected chi connectivity index (χ3v) is 4.50. The first-order chi connectivity index (χ1) is 12.7. The summed E-state index contributed by atoms with van der Waals surface area (Å²) in [5.41, 5.74) is 3.20. The molecule has 7 heteroatoms. The number of aromatic amines is 1. The minimum atomic E-state index is -0.386. The van der Waals surface area contributed by atoms with Crippen LogP contribution in [0.4, 0.5) is 0 Å². The van der Waals surface area contributed by atoms with Gasteiger partial charge in [-0.15, -0.1) is 0 Å². The molecule has 0 unspecified atom stereocenters. The topological polar surface area (TPSA) is 91.2 Å². The van der Waals surface area contributed by atoms with E-state index >= 15 is 0 Å². The van der Waals surface area contributed by atoms with Crippen LogP contribution >= 0.6 is 0 Å². The number of carbonyl (C=O) groups is 2. The lowest BCUT2D eigenvalue weighted by Crippen LogP contribution is -2.42. The maximum absolute atomic E-state index is 12.3. The van der Waals surface area contributed by atoms with Crippen molar-refractivity contribution >= 4 is 28.4 Å². The Labute approximate surface area is 149 Å². The van der Waals surface area contributed by atoms with Crippen molar-refractivity contribution in [3.63, 3.8) is 0 Å². The maximum Gasteiger partial charge on any atom is 0.287 e. The third kappa shape index (κ3) is 3.11. The van der Waals surface area contributed by atoms with Crippen LogP contribution in [0.15, 0.2) is 53.4 Å². The molecule has 0 saturated heterocycles. The van der Waals surface area contributed by atoms with Gasteiger partial charge in [0.25, 0.3) is 5.91 Å². The number of H-pyrrole nitrogens is 1. The quantitative estimate of drug-likeness (QED) is 0.755. The first-order valence-corrected chi connectivity index (χ1v) is 8.43. The highest BCUT2D eigenvalue weighted by Gasteiger charge is 2.20. The molecule has 7 nitrogen and oxygen atoms in total. The van der Waals surface area contributed by atoms with Crippen LogP contribution in [0.5, 0.6) is 0 Å². The molecule has 26 heavy (non-hydrogen) atoms. The van der Waals surface area contributed by atoms with Crippen molar-refractivity contribution in [2.75, 3.05) is 19.6 Å². The molecule has 0 radical (unpaired) electrons. The zero-order chi connectivity index (χ0) is 17.9. The van der Waals surface area contributed by atoms with Gasteiger partial charge in [-0.05, 0) is 36.3 Å². The fraction of sp³-hybridized carbons (Fsp3) is 0.211. The van der Waals surface area contributed by atoms with Crippen molar-refractivity contribution in [2.45, 2.75) is 6.42 Å². The Morgan fingerprint density at radius 1 is 1.31 bits per heavy atom. The fourth-order valence-electron chi connectivity index (χ4n) is 3.12. The van der Waals surface area contributed by atoms with E-state index < -0.39 is 0 Å². The van der Waals surface area contributed by atoms with E-state index in [2.05, 4.69) is 21.4 Å². The van der Waals surface area contributed by atoms with Crippen LogP contribution in [-0.4, -0.2) is 46.3 Å². The van der Waals surface area contributed by atoms with E-state index in [1.807, 2.05) is 18.3 Å². The van der Waals surface area contributed by atoms with Crippen molar-refractivity contribution in [1.82, 2.24) is 20.2 Å². The Balaban J connectivity index is 1.38. The molecule has 2 N–H and O–H groups in total. The molecule has 0 bridgehead atoms. The lowest BCUT2D eigenvalue weighted by atomic mass is 9.99. The molecule has 4 rings (SSSR count). The molecule has 3 aromatic heterocycles. The second-order valence-corrected chi connectivity index (χ2v) is 6.08. The summed E-state index contributed by atoms with van der Waals surface area (Å²) in [7, 11) is 0. The van der Waals surface area contributed by atoms with Gasteiger partial charge < -0.3 is 19.6 Å². The molecule has 0 saturated carbocycles. The maximum atomic E-state index is 12.3. The number of nitrogens with one attached hydrogen (secondary N) is 2. The largest absolute Gasteiger partial charge is 0.459 e. The number of amides is 2. The minimum absolute atomic E-state index is 0.0420. The predicted octanol–water partition coefficient (Wildman–Crippen LogP) is 2.20. The van der Waals surface area contributed by atoms with E-state index in [-0.39, 0.29) is 24.1 Å². The van der Waals surface area contributed by atoms with Gasteiger partial charge in [-0.2, -0.15) is 0 Å². The van der Waals surface area contributed by atoms with Gasteiger partial charge in [0, 0.05) is 36.4 Å². The van der Waals surface area contributed by atoms with Crippen LogP contribution in [0.25, 0.3) is 16.6 Å². The fourth-order valence-corrected chi connectivity index (χ4v) is 3.12. The highest BCUT2D eigenvalue weighted by Crippen LogP contribution is 2.28. The van der Waals surface area contributed by atoms with Crippen LogP contribution in [0.2, 0.25) is 0 Å². The minimum Gasteiger partial charge on any atom is -0.459 e. The van der Waals surface area contributed by atoms with Gasteiger partial charge in [-0.25, -0.2) is 4.98 Å². The standard InChI is InChI=1S/C19H18N4O3/c24-17(12-22-19(25)16-4-2-10-26-16)23-8-5-13(6-9-23)15-11-21-18-14(15)3-1-7-20-18/h1-5,7,10-11H,6,8-9,12H2,(H,20,21)(H,22,25). The summed E-state index contributed by atoms with van der Waals surface area (Å²) in [4.78, 5) is 33.4. The molecule has 0 aromatic carbocycles. The lowest BCUT2D eigenvalue weighted by molar-refractivity contribution is -0.129.